The summed E-state index contributed by atoms with van der Waals surface area (Å²) in [7, 11) is 0. The molecule has 0 aliphatic rings. The van der Waals surface area contributed by atoms with E-state index in [0.717, 1.165) is 18.9 Å². The second-order valence-electron chi connectivity index (χ2n) is 8.50. The fraction of sp³-hybridized carbons (Fsp3) is 0.370. The number of unbranched alkanes of at least 4 members (excludes halogenated alkanes) is 7. The van der Waals surface area contributed by atoms with Crippen molar-refractivity contribution in [2.24, 2.45) is 10.2 Å². The molecular weight excluding hydrogens is 524 g/mol. The molecule has 0 unspecified atom stereocenters. The quantitative estimate of drug-likeness (QED) is 0.0980. The second-order valence-corrected chi connectivity index (χ2v) is 9.36. The monoisotopic (exact) mass is 552 g/mol. The van der Waals surface area contributed by atoms with Crippen molar-refractivity contribution < 1.29 is 14.8 Å². The first-order valence-corrected chi connectivity index (χ1v) is 12.9. The van der Waals surface area contributed by atoms with Crippen molar-refractivity contribution in [2.45, 2.75) is 58.3 Å². The Kier molecular flexibility index (Phi) is 10.2. The minimum atomic E-state index is -0.573. The molecule has 36 heavy (non-hydrogen) atoms. The van der Waals surface area contributed by atoms with Crippen molar-refractivity contribution in [3.8, 4) is 17.6 Å². The van der Waals surface area contributed by atoms with Gasteiger partial charge in [-0.1, -0.05) is 76.1 Å². The number of benzene rings is 3. The van der Waals surface area contributed by atoms with Crippen LogP contribution in [-0.2, 0) is 0 Å². The maximum Gasteiger partial charge on any atom is 0.272 e. The SMILES string of the molecule is CCCCCCCCCCOc1cc(/N=N/c2c(Br)cc([N+](=O)[O-])cc2C#N)c2ccccc2c1O. The van der Waals surface area contributed by atoms with Gasteiger partial charge in [-0.15, -0.1) is 10.2 Å². The molecule has 3 aromatic rings. The van der Waals surface area contributed by atoms with E-state index in [1.807, 2.05) is 24.3 Å². The number of hydrogen-bond donors (Lipinski definition) is 1. The number of nitro benzene ring substituents is 1. The molecule has 0 fully saturated rings. The molecule has 0 radical (unpaired) electrons. The Labute approximate surface area is 218 Å². The highest BCUT2D eigenvalue weighted by atomic mass is 79.9. The maximum atomic E-state index is 11.1. The van der Waals surface area contributed by atoms with E-state index in [-0.39, 0.29) is 27.2 Å². The Balaban J connectivity index is 1.79. The van der Waals surface area contributed by atoms with Gasteiger partial charge in [0, 0.05) is 29.0 Å². The van der Waals surface area contributed by atoms with E-state index >= 15 is 0 Å². The Morgan fingerprint density at radius 3 is 2.36 bits per heavy atom. The Morgan fingerprint density at radius 2 is 1.69 bits per heavy atom. The summed E-state index contributed by atoms with van der Waals surface area (Å²) in [4.78, 5) is 10.5. The molecule has 0 aliphatic heterocycles. The fourth-order valence-corrected chi connectivity index (χ4v) is 4.44. The van der Waals surface area contributed by atoms with Crippen LogP contribution < -0.4 is 4.74 Å². The Hall–Kier alpha value is -3.51. The van der Waals surface area contributed by atoms with E-state index in [1.165, 1.54) is 44.6 Å². The maximum absolute atomic E-state index is 11.1. The number of hydrogen-bond acceptors (Lipinski definition) is 7. The first-order valence-electron chi connectivity index (χ1n) is 12.1. The van der Waals surface area contributed by atoms with Gasteiger partial charge in [0.1, 0.15) is 11.8 Å². The zero-order chi connectivity index (χ0) is 25.9. The van der Waals surface area contributed by atoms with Crippen LogP contribution in [0.5, 0.6) is 11.5 Å². The molecule has 3 aromatic carbocycles. The van der Waals surface area contributed by atoms with Gasteiger partial charge in [0.15, 0.2) is 11.5 Å². The van der Waals surface area contributed by atoms with Crippen LogP contribution in [0.15, 0.2) is 57.2 Å². The first kappa shape index (κ1) is 27.1. The number of halogens is 1. The molecule has 0 saturated heterocycles. The third-order valence-corrected chi connectivity index (χ3v) is 6.46. The van der Waals surface area contributed by atoms with Gasteiger partial charge in [0.2, 0.25) is 0 Å². The third kappa shape index (κ3) is 7.01. The minimum Gasteiger partial charge on any atom is -0.504 e. The molecule has 0 heterocycles. The molecular formula is C27H29BrN4O4. The summed E-state index contributed by atoms with van der Waals surface area (Å²) in [5.74, 6) is 0.354. The van der Waals surface area contributed by atoms with Gasteiger partial charge in [-0.25, -0.2) is 0 Å². The van der Waals surface area contributed by atoms with Gasteiger partial charge in [0.05, 0.1) is 27.3 Å². The summed E-state index contributed by atoms with van der Waals surface area (Å²) < 4.78 is 6.19. The lowest BCUT2D eigenvalue weighted by Crippen LogP contribution is -1.98. The molecule has 0 spiro atoms. The highest BCUT2D eigenvalue weighted by Crippen LogP contribution is 2.42. The molecule has 3 rings (SSSR count). The zero-order valence-corrected chi connectivity index (χ0v) is 21.8. The van der Waals surface area contributed by atoms with Gasteiger partial charge in [-0.2, -0.15) is 5.26 Å². The number of azo groups is 1. The summed E-state index contributed by atoms with van der Waals surface area (Å²) in [5, 5.41) is 41.1. The Morgan fingerprint density at radius 1 is 1.03 bits per heavy atom. The number of rotatable bonds is 13. The van der Waals surface area contributed by atoms with Crippen molar-refractivity contribution in [1.82, 2.24) is 0 Å². The number of nitro groups is 1. The van der Waals surface area contributed by atoms with Gasteiger partial charge >= 0.3 is 0 Å². The number of non-ortho nitro benzene ring substituents is 1. The van der Waals surface area contributed by atoms with Crippen molar-refractivity contribution >= 4 is 43.8 Å². The number of fused-ring (bicyclic) bond motifs is 1. The number of nitrogens with zero attached hydrogens (tertiary/aromatic N) is 4. The number of ether oxygens (including phenoxy) is 1. The molecule has 0 aliphatic carbocycles. The highest BCUT2D eigenvalue weighted by molar-refractivity contribution is 9.10. The molecule has 9 heteroatoms. The lowest BCUT2D eigenvalue weighted by Gasteiger charge is -2.12. The summed E-state index contributed by atoms with van der Waals surface area (Å²) in [5.41, 5.74) is 0.434. The Bertz CT molecular complexity index is 1290. The van der Waals surface area contributed by atoms with Crippen molar-refractivity contribution in [3.05, 3.63) is 62.6 Å². The predicted molar refractivity (Wildman–Crippen MR) is 143 cm³/mol. The van der Waals surface area contributed by atoms with E-state index < -0.39 is 4.92 Å². The standard InChI is InChI=1S/C27H29BrN4O4/c1-2-3-4-5-6-7-8-11-14-36-25-17-24(21-12-9-10-13-22(21)27(25)33)30-31-26-19(18-29)15-20(32(34)35)16-23(26)28/h9-10,12-13,15-17,33H,2-8,11,14H2,1H3/b31-30+. The second kappa shape index (κ2) is 13.5. The lowest BCUT2D eigenvalue weighted by atomic mass is 10.1. The average Bonchev–Trinajstić information content (AvgIpc) is 2.88. The highest BCUT2D eigenvalue weighted by Gasteiger charge is 2.16. The van der Waals surface area contributed by atoms with Crippen LogP contribution in [0.2, 0.25) is 0 Å². The fourth-order valence-electron chi connectivity index (χ4n) is 3.91. The topological polar surface area (TPSA) is 121 Å². The van der Waals surface area contributed by atoms with Crippen LogP contribution in [0.25, 0.3) is 10.8 Å². The van der Waals surface area contributed by atoms with Gasteiger partial charge in [-0.05, 0) is 22.4 Å². The summed E-state index contributed by atoms with van der Waals surface area (Å²) in [6, 6.07) is 13.2. The summed E-state index contributed by atoms with van der Waals surface area (Å²) >= 11 is 3.25. The molecule has 0 atom stereocenters. The average molecular weight is 553 g/mol. The number of phenolic OH excluding ortho intramolecular Hbond substituents is 1. The zero-order valence-electron chi connectivity index (χ0n) is 20.2. The largest absolute Gasteiger partial charge is 0.504 e. The lowest BCUT2D eigenvalue weighted by molar-refractivity contribution is -0.384. The molecule has 0 amide bonds. The molecule has 8 nitrogen and oxygen atoms in total. The summed E-state index contributed by atoms with van der Waals surface area (Å²) in [6.45, 7) is 2.69. The van der Waals surface area contributed by atoms with Crippen LogP contribution in [0, 0.1) is 21.4 Å². The summed E-state index contributed by atoms with van der Waals surface area (Å²) in [6.07, 6.45) is 9.46. The molecule has 1 N–H and O–H groups in total. The minimum absolute atomic E-state index is 0.0223. The molecule has 188 valence electrons. The van der Waals surface area contributed by atoms with E-state index in [1.54, 1.807) is 12.1 Å². The predicted octanol–water partition coefficient (Wildman–Crippen LogP) is 9.02. The van der Waals surface area contributed by atoms with Crippen LogP contribution in [0.4, 0.5) is 17.1 Å². The van der Waals surface area contributed by atoms with Crippen LogP contribution in [0.1, 0.15) is 63.9 Å². The number of phenols is 1. The normalized spacial score (nSPS) is 11.1. The van der Waals surface area contributed by atoms with Gasteiger partial charge in [-0.3, -0.25) is 10.1 Å². The van der Waals surface area contributed by atoms with Crippen molar-refractivity contribution in [3.63, 3.8) is 0 Å². The van der Waals surface area contributed by atoms with E-state index in [0.29, 0.717) is 28.8 Å². The van der Waals surface area contributed by atoms with Gasteiger partial charge < -0.3 is 9.84 Å². The van der Waals surface area contributed by atoms with Gasteiger partial charge in [0.25, 0.3) is 5.69 Å². The molecule has 0 saturated carbocycles. The van der Waals surface area contributed by atoms with Crippen LogP contribution in [0.3, 0.4) is 0 Å². The first-order chi connectivity index (χ1) is 17.5. The molecule has 0 bridgehead atoms. The van der Waals surface area contributed by atoms with E-state index in [9.17, 15) is 20.5 Å². The third-order valence-electron chi connectivity index (χ3n) is 5.85. The van der Waals surface area contributed by atoms with Crippen LogP contribution >= 0.6 is 15.9 Å². The van der Waals surface area contributed by atoms with Crippen molar-refractivity contribution in [2.75, 3.05) is 6.61 Å². The van der Waals surface area contributed by atoms with Crippen LogP contribution in [-0.4, -0.2) is 16.6 Å². The smallest absolute Gasteiger partial charge is 0.272 e. The number of aromatic hydroxyl groups is 1. The van der Waals surface area contributed by atoms with E-state index in [4.69, 9.17) is 4.74 Å². The van der Waals surface area contributed by atoms with Crippen molar-refractivity contribution in [1.29, 1.82) is 5.26 Å². The molecule has 0 aromatic heterocycles. The number of nitriles is 1. The van der Waals surface area contributed by atoms with E-state index in [2.05, 4.69) is 33.1 Å².